The number of halogens is 1. The number of amides is 1. The van der Waals surface area contributed by atoms with Gasteiger partial charge in [0.05, 0.1) is 30.0 Å². The second-order valence-electron chi connectivity index (χ2n) is 4.49. The molecule has 0 radical (unpaired) electrons. The monoisotopic (exact) mass is 283 g/mol. The molecule has 1 saturated heterocycles. The Balaban J connectivity index is 1.86. The lowest BCUT2D eigenvalue weighted by Gasteiger charge is -2.31. The number of anilines is 1. The van der Waals surface area contributed by atoms with Crippen molar-refractivity contribution in [1.82, 2.24) is 4.90 Å². The quantitative estimate of drug-likeness (QED) is 0.863. The summed E-state index contributed by atoms with van der Waals surface area (Å²) in [5.74, 6) is -0.0780. The molecule has 0 bridgehead atoms. The number of nitrogens with two attached hydrogens (primary N) is 1. The van der Waals surface area contributed by atoms with E-state index in [4.69, 9.17) is 22.1 Å². The Hall–Kier alpha value is -1.14. The zero-order valence-electron chi connectivity index (χ0n) is 10.6. The Labute approximate surface area is 117 Å². The lowest BCUT2D eigenvalue weighted by molar-refractivity contribution is -0.119. The average Bonchev–Trinajstić information content (AvgIpc) is 2.41. The van der Waals surface area contributed by atoms with E-state index < -0.39 is 0 Å². The molecule has 1 aliphatic rings. The third kappa shape index (κ3) is 4.18. The fourth-order valence-corrected chi connectivity index (χ4v) is 2.21. The minimum Gasteiger partial charge on any atom is -0.374 e. The van der Waals surface area contributed by atoms with Crippen molar-refractivity contribution in [2.75, 3.05) is 38.1 Å². The molecule has 104 valence electrons. The van der Waals surface area contributed by atoms with Gasteiger partial charge in [-0.25, -0.2) is 0 Å². The summed E-state index contributed by atoms with van der Waals surface area (Å²) in [5.41, 5.74) is 6.21. The third-order valence-electron chi connectivity index (χ3n) is 3.00. The molecular formula is C13H18ClN3O2. The molecule has 19 heavy (non-hydrogen) atoms. The van der Waals surface area contributed by atoms with Gasteiger partial charge < -0.3 is 15.8 Å². The predicted molar refractivity (Wildman–Crippen MR) is 75.3 cm³/mol. The molecule has 1 aromatic rings. The fourth-order valence-electron chi connectivity index (χ4n) is 2.02. The van der Waals surface area contributed by atoms with Crippen LogP contribution in [0.3, 0.4) is 0 Å². The number of hydrogen-bond acceptors (Lipinski definition) is 4. The number of morpholine rings is 1. The van der Waals surface area contributed by atoms with Crippen LogP contribution in [0.4, 0.5) is 5.69 Å². The highest BCUT2D eigenvalue weighted by atomic mass is 35.5. The van der Waals surface area contributed by atoms with Crippen molar-refractivity contribution in [1.29, 1.82) is 0 Å². The van der Waals surface area contributed by atoms with Gasteiger partial charge in [-0.1, -0.05) is 23.7 Å². The molecule has 1 aliphatic heterocycles. The standard InChI is InChI=1S/C13H18ClN3O2/c14-11-3-1-2-4-12(11)16-13(18)9-17-5-6-19-10(7-15)8-17/h1-4,10H,5-9,15H2,(H,16,18). The zero-order chi connectivity index (χ0) is 13.7. The molecular weight excluding hydrogens is 266 g/mol. The molecule has 1 amide bonds. The van der Waals surface area contributed by atoms with Gasteiger partial charge in [0.1, 0.15) is 0 Å². The molecule has 2 rings (SSSR count). The number of ether oxygens (including phenoxy) is 1. The van der Waals surface area contributed by atoms with E-state index in [0.29, 0.717) is 37.0 Å². The summed E-state index contributed by atoms with van der Waals surface area (Å²) in [6.45, 7) is 2.84. The minimum absolute atomic E-state index is 0.0156. The van der Waals surface area contributed by atoms with Crippen molar-refractivity contribution >= 4 is 23.2 Å². The molecule has 5 nitrogen and oxygen atoms in total. The van der Waals surface area contributed by atoms with E-state index in [9.17, 15) is 4.79 Å². The van der Waals surface area contributed by atoms with Crippen molar-refractivity contribution in [3.63, 3.8) is 0 Å². The Bertz CT molecular complexity index is 442. The normalized spacial score (nSPS) is 20.2. The van der Waals surface area contributed by atoms with Crippen molar-refractivity contribution < 1.29 is 9.53 Å². The van der Waals surface area contributed by atoms with E-state index in [1.807, 2.05) is 17.0 Å². The van der Waals surface area contributed by atoms with Crippen LogP contribution in [0.15, 0.2) is 24.3 Å². The van der Waals surface area contributed by atoms with Crippen molar-refractivity contribution in [2.45, 2.75) is 6.10 Å². The number of hydrogen-bond donors (Lipinski definition) is 2. The van der Waals surface area contributed by atoms with Gasteiger partial charge in [0.25, 0.3) is 0 Å². The molecule has 0 spiro atoms. The van der Waals surface area contributed by atoms with Crippen LogP contribution in [-0.4, -0.2) is 49.7 Å². The summed E-state index contributed by atoms with van der Waals surface area (Å²) in [6.07, 6.45) is 0.0156. The first-order valence-corrected chi connectivity index (χ1v) is 6.65. The number of nitrogens with one attached hydrogen (secondary N) is 1. The number of benzene rings is 1. The highest BCUT2D eigenvalue weighted by molar-refractivity contribution is 6.33. The van der Waals surface area contributed by atoms with E-state index in [1.165, 1.54) is 0 Å². The van der Waals surface area contributed by atoms with Gasteiger partial charge in [-0.05, 0) is 12.1 Å². The predicted octanol–water partition coefficient (Wildman–Crippen LogP) is 0.938. The van der Waals surface area contributed by atoms with Gasteiger partial charge >= 0.3 is 0 Å². The van der Waals surface area contributed by atoms with Gasteiger partial charge in [-0.3, -0.25) is 9.69 Å². The van der Waals surface area contributed by atoms with Crippen LogP contribution in [-0.2, 0) is 9.53 Å². The zero-order valence-corrected chi connectivity index (χ0v) is 11.4. The highest BCUT2D eigenvalue weighted by Gasteiger charge is 2.21. The fraction of sp³-hybridized carbons (Fsp3) is 0.462. The summed E-state index contributed by atoms with van der Waals surface area (Å²) in [5, 5.41) is 3.35. The first kappa shape index (κ1) is 14.3. The largest absolute Gasteiger partial charge is 0.374 e. The van der Waals surface area contributed by atoms with E-state index in [-0.39, 0.29) is 12.0 Å². The molecule has 0 aromatic heterocycles. The molecule has 1 fully saturated rings. The van der Waals surface area contributed by atoms with E-state index in [0.717, 1.165) is 6.54 Å². The van der Waals surface area contributed by atoms with Crippen molar-refractivity contribution in [3.8, 4) is 0 Å². The van der Waals surface area contributed by atoms with Crippen molar-refractivity contribution in [3.05, 3.63) is 29.3 Å². The van der Waals surface area contributed by atoms with Gasteiger partial charge in [0.2, 0.25) is 5.91 Å². The summed E-state index contributed by atoms with van der Waals surface area (Å²) in [6, 6.07) is 7.19. The third-order valence-corrected chi connectivity index (χ3v) is 3.33. The summed E-state index contributed by atoms with van der Waals surface area (Å²) in [4.78, 5) is 14.0. The van der Waals surface area contributed by atoms with E-state index >= 15 is 0 Å². The maximum atomic E-state index is 11.9. The summed E-state index contributed by atoms with van der Waals surface area (Å²) in [7, 11) is 0. The van der Waals surface area contributed by atoms with Crippen LogP contribution >= 0.6 is 11.6 Å². The first-order chi connectivity index (χ1) is 9.19. The lowest BCUT2D eigenvalue weighted by atomic mass is 10.2. The molecule has 0 aliphatic carbocycles. The number of nitrogens with zero attached hydrogens (tertiary/aromatic N) is 1. The molecule has 1 unspecified atom stereocenters. The smallest absolute Gasteiger partial charge is 0.238 e. The first-order valence-electron chi connectivity index (χ1n) is 6.27. The molecule has 3 N–H and O–H groups in total. The molecule has 0 saturated carbocycles. The van der Waals surface area contributed by atoms with Gasteiger partial charge in [0.15, 0.2) is 0 Å². The topological polar surface area (TPSA) is 67.6 Å². The van der Waals surface area contributed by atoms with Gasteiger partial charge in [0, 0.05) is 19.6 Å². The second kappa shape index (κ2) is 6.86. The van der Waals surface area contributed by atoms with Gasteiger partial charge in [-0.15, -0.1) is 0 Å². The Morgan fingerprint density at radius 1 is 1.53 bits per heavy atom. The summed E-state index contributed by atoms with van der Waals surface area (Å²) < 4.78 is 5.46. The SMILES string of the molecule is NCC1CN(CC(=O)Nc2ccccc2Cl)CCO1. The van der Waals surface area contributed by atoms with Crippen LogP contribution < -0.4 is 11.1 Å². The molecule has 1 atom stereocenters. The summed E-state index contributed by atoms with van der Waals surface area (Å²) >= 11 is 5.99. The Morgan fingerprint density at radius 3 is 3.05 bits per heavy atom. The lowest BCUT2D eigenvalue weighted by Crippen LogP contribution is -2.48. The average molecular weight is 284 g/mol. The number of carbonyl (C=O) groups is 1. The van der Waals surface area contributed by atoms with Crippen LogP contribution in [0.2, 0.25) is 5.02 Å². The van der Waals surface area contributed by atoms with E-state index in [1.54, 1.807) is 12.1 Å². The molecule has 1 heterocycles. The van der Waals surface area contributed by atoms with Crippen LogP contribution in [0, 0.1) is 0 Å². The minimum atomic E-state index is -0.0780. The maximum absolute atomic E-state index is 11.9. The second-order valence-corrected chi connectivity index (χ2v) is 4.90. The number of para-hydroxylation sites is 1. The van der Waals surface area contributed by atoms with Gasteiger partial charge in [-0.2, -0.15) is 0 Å². The number of rotatable bonds is 4. The van der Waals surface area contributed by atoms with Crippen LogP contribution in [0.25, 0.3) is 0 Å². The molecule has 1 aromatic carbocycles. The van der Waals surface area contributed by atoms with E-state index in [2.05, 4.69) is 5.32 Å². The molecule has 6 heteroatoms. The Morgan fingerprint density at radius 2 is 2.32 bits per heavy atom. The Kier molecular flexibility index (Phi) is 5.15. The maximum Gasteiger partial charge on any atom is 0.238 e. The van der Waals surface area contributed by atoms with Crippen LogP contribution in [0.5, 0.6) is 0 Å². The van der Waals surface area contributed by atoms with Crippen molar-refractivity contribution in [2.24, 2.45) is 5.73 Å². The van der Waals surface area contributed by atoms with Crippen LogP contribution in [0.1, 0.15) is 0 Å². The number of carbonyl (C=O) groups excluding carboxylic acids is 1. The highest BCUT2D eigenvalue weighted by Crippen LogP contribution is 2.20.